The number of nitrogens with one attached hydrogen (secondary N) is 1. The zero-order chi connectivity index (χ0) is 24.9. The van der Waals surface area contributed by atoms with E-state index in [-0.39, 0.29) is 16.4 Å². The molecule has 0 atom stereocenters. The largest absolute Gasteiger partial charge is 0.503 e. The molecule has 0 saturated heterocycles. The van der Waals surface area contributed by atoms with Gasteiger partial charge in [0, 0.05) is 0 Å². The Labute approximate surface area is 207 Å². The molecule has 0 saturated carbocycles. The SMILES string of the molecule is COc1cc(/C=N\NC(=O)CN(c2ccc(C)cc2)S(=O)(=O)c2ccc(C)cc2)cc(Br)c1O. The maximum atomic E-state index is 13.4. The van der Waals surface area contributed by atoms with Crippen LogP contribution in [0.25, 0.3) is 0 Å². The normalized spacial score (nSPS) is 11.4. The van der Waals surface area contributed by atoms with E-state index in [9.17, 15) is 18.3 Å². The number of halogens is 1. The highest BCUT2D eigenvalue weighted by Gasteiger charge is 2.27. The number of aryl methyl sites for hydroxylation is 2. The Kier molecular flexibility index (Phi) is 7.95. The Morgan fingerprint density at radius 1 is 1.09 bits per heavy atom. The van der Waals surface area contributed by atoms with Crippen LogP contribution in [0.4, 0.5) is 5.69 Å². The first-order valence-electron chi connectivity index (χ1n) is 10.2. The van der Waals surface area contributed by atoms with E-state index in [0.29, 0.717) is 15.7 Å². The predicted octanol–water partition coefficient (Wildman–Crippen LogP) is 4.13. The molecule has 0 heterocycles. The molecule has 0 bridgehead atoms. The van der Waals surface area contributed by atoms with E-state index in [1.807, 2.05) is 13.8 Å². The molecule has 3 aromatic rings. The molecule has 0 aliphatic heterocycles. The number of phenolic OH excluding ortho intramolecular Hbond substituents is 1. The third-order valence-electron chi connectivity index (χ3n) is 4.89. The van der Waals surface area contributed by atoms with Crippen LogP contribution in [0.3, 0.4) is 0 Å². The smallest absolute Gasteiger partial charge is 0.264 e. The fourth-order valence-corrected chi connectivity index (χ4v) is 4.91. The molecule has 0 radical (unpaired) electrons. The summed E-state index contributed by atoms with van der Waals surface area (Å²) in [4.78, 5) is 12.7. The van der Waals surface area contributed by atoms with Crippen LogP contribution in [0.1, 0.15) is 16.7 Å². The Morgan fingerprint density at radius 2 is 1.68 bits per heavy atom. The number of hydrogen-bond acceptors (Lipinski definition) is 6. The van der Waals surface area contributed by atoms with Gasteiger partial charge in [0.05, 0.1) is 28.4 Å². The van der Waals surface area contributed by atoms with Crippen molar-refractivity contribution in [2.75, 3.05) is 18.0 Å². The van der Waals surface area contributed by atoms with Crippen LogP contribution in [0.2, 0.25) is 0 Å². The fraction of sp³-hybridized carbons (Fsp3) is 0.167. The van der Waals surface area contributed by atoms with Gasteiger partial charge in [-0.2, -0.15) is 5.10 Å². The van der Waals surface area contributed by atoms with Crippen molar-refractivity contribution in [1.82, 2.24) is 5.43 Å². The topological polar surface area (TPSA) is 108 Å². The quantitative estimate of drug-likeness (QED) is 0.327. The molecule has 2 N–H and O–H groups in total. The number of rotatable bonds is 8. The van der Waals surface area contributed by atoms with Gasteiger partial charge in [0.2, 0.25) is 0 Å². The van der Waals surface area contributed by atoms with Crippen molar-refractivity contribution >= 4 is 43.8 Å². The van der Waals surface area contributed by atoms with E-state index >= 15 is 0 Å². The van der Waals surface area contributed by atoms with Crippen LogP contribution in [-0.2, 0) is 14.8 Å². The standard InChI is InChI=1S/C24H24BrN3O5S/c1-16-4-8-19(9-5-16)28(34(31,32)20-10-6-17(2)7-11-20)15-23(29)27-26-14-18-12-21(25)24(30)22(13-18)33-3/h4-14,30H,15H2,1-3H3,(H,27,29)/b26-14-. The average molecular weight is 546 g/mol. The summed E-state index contributed by atoms with van der Waals surface area (Å²) >= 11 is 3.22. The average Bonchev–Trinajstić information content (AvgIpc) is 2.80. The van der Waals surface area contributed by atoms with Crippen molar-refractivity contribution in [3.63, 3.8) is 0 Å². The second kappa shape index (κ2) is 10.7. The summed E-state index contributed by atoms with van der Waals surface area (Å²) in [6, 6.07) is 16.4. The molecule has 178 valence electrons. The predicted molar refractivity (Wildman–Crippen MR) is 135 cm³/mol. The van der Waals surface area contributed by atoms with Gasteiger partial charge in [-0.25, -0.2) is 13.8 Å². The monoisotopic (exact) mass is 545 g/mol. The number of carbonyl (C=O) groups excluding carboxylic acids is 1. The van der Waals surface area contributed by atoms with Crippen LogP contribution >= 0.6 is 15.9 Å². The van der Waals surface area contributed by atoms with Crippen LogP contribution in [-0.4, -0.2) is 39.3 Å². The summed E-state index contributed by atoms with van der Waals surface area (Å²) in [5.74, 6) is -0.451. The van der Waals surface area contributed by atoms with Gasteiger partial charge in [-0.05, 0) is 71.7 Å². The van der Waals surface area contributed by atoms with Gasteiger partial charge in [0.15, 0.2) is 11.5 Å². The van der Waals surface area contributed by atoms with Crippen molar-refractivity contribution in [3.8, 4) is 11.5 Å². The van der Waals surface area contributed by atoms with Crippen molar-refractivity contribution in [1.29, 1.82) is 0 Å². The number of sulfonamides is 1. The Morgan fingerprint density at radius 3 is 2.26 bits per heavy atom. The van der Waals surface area contributed by atoms with Gasteiger partial charge in [0.25, 0.3) is 15.9 Å². The number of hydrogen-bond donors (Lipinski definition) is 2. The van der Waals surface area contributed by atoms with Crippen LogP contribution in [0.5, 0.6) is 11.5 Å². The maximum Gasteiger partial charge on any atom is 0.264 e. The number of aromatic hydroxyl groups is 1. The summed E-state index contributed by atoms with van der Waals surface area (Å²) in [6.45, 7) is 3.28. The lowest BCUT2D eigenvalue weighted by Crippen LogP contribution is -2.39. The molecule has 0 aliphatic carbocycles. The first kappa shape index (κ1) is 25.3. The number of carbonyl (C=O) groups is 1. The number of methoxy groups -OCH3 is 1. The van der Waals surface area contributed by atoms with Gasteiger partial charge in [0.1, 0.15) is 6.54 Å². The van der Waals surface area contributed by atoms with E-state index < -0.39 is 22.5 Å². The summed E-state index contributed by atoms with van der Waals surface area (Å²) in [6.07, 6.45) is 1.36. The molecule has 0 aliphatic rings. The summed E-state index contributed by atoms with van der Waals surface area (Å²) in [5, 5.41) is 13.8. The van der Waals surface area contributed by atoms with Gasteiger partial charge in [-0.15, -0.1) is 0 Å². The maximum absolute atomic E-state index is 13.4. The minimum Gasteiger partial charge on any atom is -0.503 e. The molecule has 3 rings (SSSR count). The molecular weight excluding hydrogens is 522 g/mol. The Hall–Kier alpha value is -3.37. The van der Waals surface area contributed by atoms with E-state index in [1.165, 1.54) is 31.5 Å². The molecule has 0 unspecified atom stereocenters. The Bertz CT molecular complexity index is 1310. The number of benzene rings is 3. The lowest BCUT2D eigenvalue weighted by Gasteiger charge is -2.24. The van der Waals surface area contributed by atoms with Gasteiger partial charge < -0.3 is 9.84 Å². The first-order chi connectivity index (χ1) is 16.1. The zero-order valence-corrected chi connectivity index (χ0v) is 21.2. The van der Waals surface area contributed by atoms with E-state index in [2.05, 4.69) is 26.5 Å². The number of nitrogens with zero attached hydrogens (tertiary/aromatic N) is 2. The second-order valence-corrected chi connectivity index (χ2v) is 10.2. The van der Waals surface area contributed by atoms with Crippen molar-refractivity contribution in [2.45, 2.75) is 18.7 Å². The molecule has 34 heavy (non-hydrogen) atoms. The number of amides is 1. The third-order valence-corrected chi connectivity index (χ3v) is 7.28. The third kappa shape index (κ3) is 5.95. The highest BCUT2D eigenvalue weighted by atomic mass is 79.9. The van der Waals surface area contributed by atoms with Crippen LogP contribution < -0.4 is 14.5 Å². The molecule has 8 nitrogen and oxygen atoms in total. The second-order valence-electron chi connectivity index (χ2n) is 7.51. The molecule has 1 amide bonds. The van der Waals surface area contributed by atoms with E-state index in [1.54, 1.807) is 42.5 Å². The minimum atomic E-state index is -4.01. The Balaban J connectivity index is 1.83. The molecule has 3 aromatic carbocycles. The van der Waals surface area contributed by atoms with E-state index in [0.717, 1.165) is 15.4 Å². The molecule has 0 fully saturated rings. The zero-order valence-electron chi connectivity index (χ0n) is 18.8. The molecule has 0 aromatic heterocycles. The number of anilines is 1. The lowest BCUT2D eigenvalue weighted by atomic mass is 10.2. The highest BCUT2D eigenvalue weighted by molar-refractivity contribution is 9.10. The molecule has 0 spiro atoms. The highest BCUT2D eigenvalue weighted by Crippen LogP contribution is 2.34. The van der Waals surface area contributed by atoms with Crippen LogP contribution in [0, 0.1) is 13.8 Å². The number of ether oxygens (including phenoxy) is 1. The number of hydrazone groups is 1. The summed E-state index contributed by atoms with van der Waals surface area (Å²) in [5.41, 5.74) is 5.14. The lowest BCUT2D eigenvalue weighted by molar-refractivity contribution is -0.119. The molecule has 10 heteroatoms. The van der Waals surface area contributed by atoms with Crippen LogP contribution in [0.15, 0.2) is 75.1 Å². The van der Waals surface area contributed by atoms with Gasteiger partial charge >= 0.3 is 0 Å². The van der Waals surface area contributed by atoms with Crippen molar-refractivity contribution in [2.24, 2.45) is 5.10 Å². The summed E-state index contributed by atoms with van der Waals surface area (Å²) in [7, 11) is -2.59. The van der Waals surface area contributed by atoms with Crippen molar-refractivity contribution in [3.05, 3.63) is 81.8 Å². The molecular formula is C24H24BrN3O5S. The first-order valence-corrected chi connectivity index (χ1v) is 12.4. The minimum absolute atomic E-state index is 0.0567. The van der Waals surface area contributed by atoms with Crippen molar-refractivity contribution < 1.29 is 23.1 Å². The van der Waals surface area contributed by atoms with Gasteiger partial charge in [-0.3, -0.25) is 9.10 Å². The fourth-order valence-electron chi connectivity index (χ4n) is 3.03. The number of phenols is 1. The van der Waals surface area contributed by atoms with Gasteiger partial charge in [-0.1, -0.05) is 35.4 Å². The van der Waals surface area contributed by atoms with E-state index in [4.69, 9.17) is 4.74 Å². The summed E-state index contributed by atoms with van der Waals surface area (Å²) < 4.78 is 33.3.